The Labute approximate surface area is 279 Å². The molecule has 5 aliphatic carbocycles. The van der Waals surface area contributed by atoms with Gasteiger partial charge in [-0.05, 0) is 105 Å². The third-order valence-electron chi connectivity index (χ3n) is 10.9. The highest BCUT2D eigenvalue weighted by atomic mass is 32.2. The first-order valence-corrected chi connectivity index (χ1v) is 18.3. The number of aromatic nitrogens is 2. The van der Waals surface area contributed by atoms with Crippen molar-refractivity contribution < 1.29 is 22.7 Å². The van der Waals surface area contributed by atoms with Crippen LogP contribution in [0, 0.1) is 17.8 Å². The van der Waals surface area contributed by atoms with E-state index in [4.69, 9.17) is 4.74 Å². The molecule has 0 saturated heterocycles. The molecule has 0 radical (unpaired) electrons. The number of carbonyl (C=O) groups is 2. The zero-order valence-electron chi connectivity index (χ0n) is 26.7. The topological polar surface area (TPSA) is 136 Å². The van der Waals surface area contributed by atoms with E-state index in [-0.39, 0.29) is 57.7 Å². The van der Waals surface area contributed by atoms with E-state index in [0.717, 1.165) is 50.5 Å². The maximum absolute atomic E-state index is 13.8. The molecule has 0 spiro atoms. The second-order valence-electron chi connectivity index (χ2n) is 14.2. The quantitative estimate of drug-likeness (QED) is 0.251. The summed E-state index contributed by atoms with van der Waals surface area (Å²) in [5.41, 5.74) is 2.02. The Kier molecular flexibility index (Phi) is 7.52. The molecule has 2 N–H and O–H groups in total. The number of benzene rings is 2. The first-order chi connectivity index (χ1) is 23.1. The molecule has 10 nitrogen and oxygen atoms in total. The molecule has 4 bridgehead atoms. The van der Waals surface area contributed by atoms with Gasteiger partial charge in [-0.2, -0.15) is 0 Å². The van der Waals surface area contributed by atoms with Crippen LogP contribution >= 0.6 is 0 Å². The molecule has 248 valence electrons. The number of methoxy groups -OCH3 is 1. The van der Waals surface area contributed by atoms with Gasteiger partial charge < -0.3 is 10.1 Å². The molecule has 2 aromatic heterocycles. The largest absolute Gasteiger partial charge is 0.464 e. The van der Waals surface area contributed by atoms with Crippen LogP contribution in [-0.2, 0) is 21.2 Å². The van der Waals surface area contributed by atoms with Crippen LogP contribution in [0.25, 0.3) is 16.7 Å². The van der Waals surface area contributed by atoms with Crippen molar-refractivity contribution in [2.45, 2.75) is 68.2 Å². The lowest BCUT2D eigenvalue weighted by molar-refractivity contribution is -0.0348. The monoisotopic (exact) mass is 666 g/mol. The first kappa shape index (κ1) is 31.0. The van der Waals surface area contributed by atoms with Crippen LogP contribution in [0.1, 0.15) is 76.9 Å². The number of hydrogen-bond acceptors (Lipinski definition) is 7. The fourth-order valence-corrected chi connectivity index (χ4v) is 10.7. The number of esters is 1. The minimum absolute atomic E-state index is 0.0116. The highest BCUT2D eigenvalue weighted by Crippen LogP contribution is 2.56. The fourth-order valence-electron chi connectivity index (χ4n) is 8.93. The lowest BCUT2D eigenvalue weighted by Crippen LogP contribution is -2.66. The van der Waals surface area contributed by atoms with E-state index in [1.54, 1.807) is 35.0 Å². The SMILES string of the molecule is COC(=O)c1c(Cc2ccc(C(=O)N[C@@H]3[C@@H]4C[C@@H]5C[C@H]3C[C@](NS(=O)(=O)C3CC3)(C5)C4)cc2)c(=O)c2cccnc2n1-c1ccccc1. The summed E-state index contributed by atoms with van der Waals surface area (Å²) in [6, 6.07) is 19.8. The number of nitrogens with one attached hydrogen (secondary N) is 2. The molecule has 5 aliphatic rings. The van der Waals surface area contributed by atoms with Crippen molar-refractivity contribution in [3.63, 3.8) is 0 Å². The summed E-state index contributed by atoms with van der Waals surface area (Å²) in [5.74, 6) is 0.168. The Bertz CT molecular complexity index is 2080. The summed E-state index contributed by atoms with van der Waals surface area (Å²) in [6.07, 6.45) is 7.68. The number of amides is 1. The standard InChI is InChI=1S/C37H38N4O6S/c1-47-36(44)32-30(33(42)29-8-5-15-38-34(29)41(32)27-6-3-2-4-7-27)18-22-9-11-24(12-10-22)35(43)39-31-25-16-23-17-26(31)21-37(19-23,20-25)40-48(45,46)28-13-14-28/h2-12,15,23,25-26,28,31,40H,13-14,16-21H2,1H3,(H,39,43)/t23-,25-,26+,31-,37+. The number of ether oxygens (including phenoxy) is 1. The number of pyridine rings is 2. The predicted octanol–water partition coefficient (Wildman–Crippen LogP) is 4.52. The van der Waals surface area contributed by atoms with Crippen LogP contribution in [0.15, 0.2) is 77.7 Å². The van der Waals surface area contributed by atoms with Crippen molar-refractivity contribution in [3.05, 3.63) is 106 Å². The van der Waals surface area contributed by atoms with Crippen LogP contribution in [0.4, 0.5) is 0 Å². The average Bonchev–Trinajstić information content (AvgIpc) is 3.94. The van der Waals surface area contributed by atoms with Crippen LogP contribution < -0.4 is 15.5 Å². The van der Waals surface area contributed by atoms with Gasteiger partial charge >= 0.3 is 5.97 Å². The zero-order chi connectivity index (χ0) is 33.2. The summed E-state index contributed by atoms with van der Waals surface area (Å²) in [4.78, 5) is 45.1. The number of rotatable bonds is 9. The molecule has 4 aromatic rings. The van der Waals surface area contributed by atoms with Gasteiger partial charge in [0.25, 0.3) is 5.91 Å². The minimum Gasteiger partial charge on any atom is -0.464 e. The Hall–Kier alpha value is -4.35. The van der Waals surface area contributed by atoms with E-state index in [1.807, 2.05) is 42.5 Å². The van der Waals surface area contributed by atoms with Crippen molar-refractivity contribution in [2.75, 3.05) is 7.11 Å². The molecule has 11 heteroatoms. The normalized spacial score (nSPS) is 26.0. The Morgan fingerprint density at radius 2 is 1.67 bits per heavy atom. The number of nitrogens with zero attached hydrogens (tertiary/aromatic N) is 2. The molecule has 5 fully saturated rings. The number of sulfonamides is 1. The summed E-state index contributed by atoms with van der Waals surface area (Å²) >= 11 is 0. The molecular formula is C37H38N4O6S. The van der Waals surface area contributed by atoms with Crippen molar-refractivity contribution in [1.29, 1.82) is 0 Å². The summed E-state index contributed by atoms with van der Waals surface area (Å²) in [6.45, 7) is 0. The molecule has 0 aliphatic heterocycles. The molecular weight excluding hydrogens is 628 g/mol. The molecule has 9 rings (SSSR count). The van der Waals surface area contributed by atoms with E-state index in [9.17, 15) is 22.8 Å². The summed E-state index contributed by atoms with van der Waals surface area (Å²) in [5, 5.41) is 3.46. The third kappa shape index (κ3) is 5.42. The van der Waals surface area contributed by atoms with Gasteiger partial charge in [0.15, 0.2) is 5.43 Å². The van der Waals surface area contributed by atoms with Crippen LogP contribution in [0.5, 0.6) is 0 Å². The van der Waals surface area contributed by atoms with Gasteiger partial charge in [-0.25, -0.2) is 22.9 Å². The van der Waals surface area contributed by atoms with Gasteiger partial charge in [0, 0.05) is 41.0 Å². The van der Waals surface area contributed by atoms with Crippen molar-refractivity contribution in [3.8, 4) is 5.69 Å². The van der Waals surface area contributed by atoms with E-state index in [2.05, 4.69) is 15.0 Å². The first-order valence-electron chi connectivity index (χ1n) is 16.7. The van der Waals surface area contributed by atoms with Crippen LogP contribution in [0.2, 0.25) is 0 Å². The van der Waals surface area contributed by atoms with Gasteiger partial charge in [0.05, 0.1) is 17.7 Å². The molecule has 2 heterocycles. The maximum Gasteiger partial charge on any atom is 0.355 e. The van der Waals surface area contributed by atoms with Gasteiger partial charge in [-0.3, -0.25) is 14.2 Å². The molecule has 5 saturated carbocycles. The number of hydrogen-bond donors (Lipinski definition) is 2. The van der Waals surface area contributed by atoms with Gasteiger partial charge in [-0.1, -0.05) is 30.3 Å². The van der Waals surface area contributed by atoms with Gasteiger partial charge in [-0.15, -0.1) is 0 Å². The lowest BCUT2D eigenvalue weighted by atomic mass is 9.51. The molecule has 1 amide bonds. The number of carbonyl (C=O) groups excluding carboxylic acids is 2. The van der Waals surface area contributed by atoms with E-state index in [0.29, 0.717) is 28.2 Å². The second kappa shape index (κ2) is 11.7. The van der Waals surface area contributed by atoms with Crippen molar-refractivity contribution in [2.24, 2.45) is 17.8 Å². The highest BCUT2D eigenvalue weighted by molar-refractivity contribution is 7.90. The van der Waals surface area contributed by atoms with Crippen molar-refractivity contribution >= 4 is 32.9 Å². The molecule has 2 aromatic carbocycles. The smallest absolute Gasteiger partial charge is 0.355 e. The highest BCUT2D eigenvalue weighted by Gasteiger charge is 2.57. The summed E-state index contributed by atoms with van der Waals surface area (Å²) in [7, 11) is -2.00. The van der Waals surface area contributed by atoms with E-state index < -0.39 is 16.0 Å². The summed E-state index contributed by atoms with van der Waals surface area (Å²) < 4.78 is 35.7. The maximum atomic E-state index is 13.8. The van der Waals surface area contributed by atoms with Crippen molar-refractivity contribution in [1.82, 2.24) is 19.6 Å². The Morgan fingerprint density at radius 1 is 0.958 bits per heavy atom. The predicted molar refractivity (Wildman–Crippen MR) is 181 cm³/mol. The minimum atomic E-state index is -3.29. The molecule has 0 unspecified atom stereocenters. The van der Waals surface area contributed by atoms with Gasteiger partial charge in [0.1, 0.15) is 11.3 Å². The Morgan fingerprint density at radius 3 is 2.33 bits per heavy atom. The molecule has 48 heavy (non-hydrogen) atoms. The lowest BCUT2D eigenvalue weighted by Gasteiger charge is -2.60. The number of para-hydroxylation sites is 1. The van der Waals surface area contributed by atoms with E-state index >= 15 is 0 Å². The van der Waals surface area contributed by atoms with E-state index in [1.165, 1.54) is 7.11 Å². The Balaban J connectivity index is 1.04. The third-order valence-corrected chi connectivity index (χ3v) is 13.0. The second-order valence-corrected chi connectivity index (χ2v) is 16.1. The average molecular weight is 667 g/mol. The van der Waals surface area contributed by atoms with Gasteiger partial charge in [0.2, 0.25) is 10.0 Å². The molecule has 5 atom stereocenters. The fraction of sp³-hybridized carbons (Fsp3) is 0.405. The zero-order valence-corrected chi connectivity index (χ0v) is 27.5. The van der Waals surface area contributed by atoms with Crippen LogP contribution in [0.3, 0.4) is 0 Å². The number of fused-ring (bicyclic) bond motifs is 1. The van der Waals surface area contributed by atoms with Crippen LogP contribution in [-0.4, -0.2) is 53.8 Å².